The van der Waals surface area contributed by atoms with Crippen LogP contribution >= 0.6 is 0 Å². The molecule has 102 valence electrons. The molecule has 0 saturated heterocycles. The Morgan fingerprint density at radius 2 is 2.15 bits per heavy atom. The van der Waals surface area contributed by atoms with Crippen molar-refractivity contribution in [1.82, 2.24) is 25.5 Å². The summed E-state index contributed by atoms with van der Waals surface area (Å²) in [6.07, 6.45) is 1.53. The molecular weight excluding hydrogens is 250 g/mol. The van der Waals surface area contributed by atoms with Gasteiger partial charge in [-0.3, -0.25) is 10.1 Å². The molecule has 0 amide bonds. The van der Waals surface area contributed by atoms with Crippen LogP contribution in [0.2, 0.25) is 0 Å². The molecule has 0 spiro atoms. The Bertz CT molecular complexity index is 705. The van der Waals surface area contributed by atoms with E-state index in [1.165, 1.54) is 6.33 Å². The van der Waals surface area contributed by atoms with Crippen LogP contribution in [0.4, 0.5) is 0 Å². The minimum absolute atomic E-state index is 0.0215. The van der Waals surface area contributed by atoms with E-state index in [4.69, 9.17) is 0 Å². The molecule has 0 fully saturated rings. The van der Waals surface area contributed by atoms with Crippen molar-refractivity contribution in [3.8, 4) is 0 Å². The highest BCUT2D eigenvalue weighted by Gasteiger charge is 2.16. The number of aryl methyl sites for hydroxylation is 1. The molecule has 2 aromatic heterocycles. The number of hydrogen-bond donors (Lipinski definition) is 2. The molecule has 0 aliphatic rings. The van der Waals surface area contributed by atoms with Crippen LogP contribution in [0.3, 0.4) is 0 Å². The van der Waals surface area contributed by atoms with Gasteiger partial charge in [-0.2, -0.15) is 5.10 Å². The van der Waals surface area contributed by atoms with Gasteiger partial charge in [-0.25, -0.2) is 4.98 Å². The molecule has 5 nitrogen and oxygen atoms in total. The van der Waals surface area contributed by atoms with Gasteiger partial charge < -0.3 is 5.32 Å². The normalized spacial score (nSPS) is 12.7. The molecule has 2 N–H and O–H groups in total. The van der Waals surface area contributed by atoms with E-state index in [2.05, 4.69) is 56.7 Å². The van der Waals surface area contributed by atoms with E-state index in [1.54, 1.807) is 0 Å². The molecule has 1 aromatic carbocycles. The van der Waals surface area contributed by atoms with Crippen molar-refractivity contribution in [1.29, 1.82) is 0 Å². The lowest BCUT2D eigenvalue weighted by Crippen LogP contribution is -2.23. The molecule has 1 atom stereocenters. The van der Waals surface area contributed by atoms with Gasteiger partial charge in [0.25, 0.3) is 0 Å². The van der Waals surface area contributed by atoms with E-state index in [1.807, 2.05) is 13.0 Å². The first-order valence-corrected chi connectivity index (χ1v) is 6.74. The Hall–Kier alpha value is -2.27. The number of aromatic amines is 1. The van der Waals surface area contributed by atoms with Crippen LogP contribution in [0, 0.1) is 6.92 Å². The Morgan fingerprint density at radius 3 is 2.90 bits per heavy atom. The van der Waals surface area contributed by atoms with Gasteiger partial charge in [0.15, 0.2) is 0 Å². The van der Waals surface area contributed by atoms with E-state index in [-0.39, 0.29) is 6.04 Å². The minimum atomic E-state index is 0.0215. The van der Waals surface area contributed by atoms with Crippen molar-refractivity contribution in [2.75, 3.05) is 6.54 Å². The standard InChI is InChI=1S/C15H17N5/c1-3-16-14(15-17-9-18-20-15)12-6-7-13-11(8-12)5-4-10(2)19-13/h4-9,14,16H,3H2,1-2H3,(H,17,18,20). The molecular formula is C15H17N5. The largest absolute Gasteiger partial charge is 0.304 e. The molecule has 0 aliphatic carbocycles. The molecule has 3 aromatic rings. The summed E-state index contributed by atoms with van der Waals surface area (Å²) in [7, 11) is 0. The van der Waals surface area contributed by atoms with Gasteiger partial charge in [-0.05, 0) is 37.2 Å². The van der Waals surface area contributed by atoms with Crippen LogP contribution in [-0.4, -0.2) is 26.7 Å². The number of H-pyrrole nitrogens is 1. The van der Waals surface area contributed by atoms with Gasteiger partial charge in [0, 0.05) is 11.1 Å². The van der Waals surface area contributed by atoms with Crippen LogP contribution in [0.5, 0.6) is 0 Å². The monoisotopic (exact) mass is 267 g/mol. The fraction of sp³-hybridized carbons (Fsp3) is 0.267. The molecule has 5 heteroatoms. The van der Waals surface area contributed by atoms with Crippen molar-refractivity contribution in [3.05, 3.63) is 53.7 Å². The third-order valence-corrected chi connectivity index (χ3v) is 3.30. The maximum absolute atomic E-state index is 4.53. The highest BCUT2D eigenvalue weighted by Crippen LogP contribution is 2.22. The molecule has 1 unspecified atom stereocenters. The second-order valence-electron chi connectivity index (χ2n) is 4.77. The minimum Gasteiger partial charge on any atom is -0.304 e. The van der Waals surface area contributed by atoms with Crippen molar-refractivity contribution in [3.63, 3.8) is 0 Å². The topological polar surface area (TPSA) is 66.5 Å². The van der Waals surface area contributed by atoms with Crippen LogP contribution in [0.1, 0.15) is 30.0 Å². The average Bonchev–Trinajstić information content (AvgIpc) is 2.98. The summed E-state index contributed by atoms with van der Waals surface area (Å²) >= 11 is 0. The van der Waals surface area contributed by atoms with E-state index in [9.17, 15) is 0 Å². The SMILES string of the molecule is CCNC(c1ccc2nc(C)ccc2c1)c1ncn[nH]1. The number of hydrogen-bond acceptors (Lipinski definition) is 4. The molecule has 2 heterocycles. The Labute approximate surface area is 117 Å². The van der Waals surface area contributed by atoms with Crippen LogP contribution in [0.15, 0.2) is 36.7 Å². The molecule has 0 bridgehead atoms. The predicted octanol–water partition coefficient (Wildman–Crippen LogP) is 2.36. The van der Waals surface area contributed by atoms with Crippen molar-refractivity contribution >= 4 is 10.9 Å². The maximum Gasteiger partial charge on any atom is 0.145 e. The summed E-state index contributed by atoms with van der Waals surface area (Å²) < 4.78 is 0. The summed E-state index contributed by atoms with van der Waals surface area (Å²) in [5.74, 6) is 0.825. The average molecular weight is 267 g/mol. The summed E-state index contributed by atoms with van der Waals surface area (Å²) in [5.41, 5.74) is 3.20. The fourth-order valence-electron chi connectivity index (χ4n) is 2.36. The second-order valence-corrected chi connectivity index (χ2v) is 4.77. The van der Waals surface area contributed by atoms with Gasteiger partial charge in [0.2, 0.25) is 0 Å². The summed E-state index contributed by atoms with van der Waals surface area (Å²) in [5, 5.41) is 11.4. The molecule has 3 rings (SSSR count). The van der Waals surface area contributed by atoms with Crippen molar-refractivity contribution in [2.45, 2.75) is 19.9 Å². The number of pyridine rings is 1. The number of nitrogens with zero attached hydrogens (tertiary/aromatic N) is 3. The van der Waals surface area contributed by atoms with Gasteiger partial charge in [0.05, 0.1) is 11.6 Å². The first kappa shape index (κ1) is 12.7. The number of fused-ring (bicyclic) bond motifs is 1. The summed E-state index contributed by atoms with van der Waals surface area (Å²) in [6.45, 7) is 4.94. The molecule has 0 saturated carbocycles. The van der Waals surface area contributed by atoms with Crippen molar-refractivity contribution in [2.24, 2.45) is 0 Å². The van der Waals surface area contributed by atoms with Crippen molar-refractivity contribution < 1.29 is 0 Å². The maximum atomic E-state index is 4.53. The van der Waals surface area contributed by atoms with Gasteiger partial charge in [-0.15, -0.1) is 0 Å². The number of rotatable bonds is 4. The summed E-state index contributed by atoms with van der Waals surface area (Å²) in [4.78, 5) is 8.79. The van der Waals surface area contributed by atoms with E-state index < -0.39 is 0 Å². The van der Waals surface area contributed by atoms with Crippen LogP contribution in [0.25, 0.3) is 10.9 Å². The zero-order chi connectivity index (χ0) is 13.9. The van der Waals surface area contributed by atoms with Gasteiger partial charge in [-0.1, -0.05) is 19.1 Å². The zero-order valence-electron chi connectivity index (χ0n) is 11.6. The first-order chi connectivity index (χ1) is 9.78. The Balaban J connectivity index is 2.05. The molecule has 0 radical (unpaired) electrons. The van der Waals surface area contributed by atoms with Crippen LogP contribution in [-0.2, 0) is 0 Å². The fourth-order valence-corrected chi connectivity index (χ4v) is 2.36. The van der Waals surface area contributed by atoms with Gasteiger partial charge >= 0.3 is 0 Å². The highest BCUT2D eigenvalue weighted by atomic mass is 15.2. The number of nitrogens with one attached hydrogen (secondary N) is 2. The molecule has 0 aliphatic heterocycles. The quantitative estimate of drug-likeness (QED) is 0.761. The lowest BCUT2D eigenvalue weighted by molar-refractivity contribution is 0.600. The smallest absolute Gasteiger partial charge is 0.145 e. The van der Waals surface area contributed by atoms with Gasteiger partial charge in [0.1, 0.15) is 12.2 Å². The predicted molar refractivity (Wildman–Crippen MR) is 78.4 cm³/mol. The van der Waals surface area contributed by atoms with E-state index >= 15 is 0 Å². The third kappa shape index (κ3) is 2.40. The number of benzene rings is 1. The van der Waals surface area contributed by atoms with E-state index in [0.29, 0.717) is 0 Å². The lowest BCUT2D eigenvalue weighted by Gasteiger charge is -2.16. The second kappa shape index (κ2) is 5.38. The zero-order valence-corrected chi connectivity index (χ0v) is 11.6. The van der Waals surface area contributed by atoms with E-state index in [0.717, 1.165) is 34.5 Å². The third-order valence-electron chi connectivity index (χ3n) is 3.30. The Morgan fingerprint density at radius 1 is 1.25 bits per heavy atom. The first-order valence-electron chi connectivity index (χ1n) is 6.74. The van der Waals surface area contributed by atoms with Crippen LogP contribution < -0.4 is 5.32 Å². The lowest BCUT2D eigenvalue weighted by atomic mass is 10.0. The number of aromatic nitrogens is 4. The summed E-state index contributed by atoms with van der Waals surface area (Å²) in [6, 6.07) is 10.4. The Kier molecular flexibility index (Phi) is 3.43. The molecule has 20 heavy (non-hydrogen) atoms. The highest BCUT2D eigenvalue weighted by molar-refractivity contribution is 5.79.